The average molecular weight is 286 g/mol. The number of rotatable bonds is 3. The lowest BCUT2D eigenvalue weighted by Crippen LogP contribution is -2.04. The smallest absolute Gasteiger partial charge is 0.152 e. The maximum Gasteiger partial charge on any atom is 0.152 e. The molecular formula is C16H12F2N2O. The molecule has 0 N–H and O–H groups in total. The highest BCUT2D eigenvalue weighted by Crippen LogP contribution is 2.21. The van der Waals surface area contributed by atoms with Crippen molar-refractivity contribution in [1.29, 1.82) is 0 Å². The second kappa shape index (κ2) is 5.09. The van der Waals surface area contributed by atoms with Gasteiger partial charge in [0.1, 0.15) is 17.5 Å². The zero-order chi connectivity index (χ0) is 15.0. The van der Waals surface area contributed by atoms with Gasteiger partial charge in [0, 0.05) is 17.2 Å². The van der Waals surface area contributed by atoms with Crippen molar-refractivity contribution in [1.82, 2.24) is 9.55 Å². The van der Waals surface area contributed by atoms with Crippen molar-refractivity contribution in [3.05, 3.63) is 65.0 Å². The summed E-state index contributed by atoms with van der Waals surface area (Å²) in [6.07, 6.45) is 0.748. The number of benzene rings is 2. The van der Waals surface area contributed by atoms with Gasteiger partial charge in [-0.2, -0.15) is 0 Å². The molecule has 3 aromatic rings. The van der Waals surface area contributed by atoms with Crippen molar-refractivity contribution in [2.45, 2.75) is 13.5 Å². The van der Waals surface area contributed by atoms with Crippen LogP contribution in [0.2, 0.25) is 0 Å². The highest BCUT2D eigenvalue weighted by molar-refractivity contribution is 5.94. The number of fused-ring (bicyclic) bond motifs is 1. The van der Waals surface area contributed by atoms with Crippen LogP contribution < -0.4 is 0 Å². The largest absolute Gasteiger partial charge is 0.324 e. The summed E-state index contributed by atoms with van der Waals surface area (Å²) < 4.78 is 28.6. The van der Waals surface area contributed by atoms with Gasteiger partial charge in [-0.05, 0) is 25.1 Å². The van der Waals surface area contributed by atoms with Gasteiger partial charge in [-0.25, -0.2) is 13.8 Å². The Morgan fingerprint density at radius 1 is 1.24 bits per heavy atom. The van der Waals surface area contributed by atoms with Crippen LogP contribution in [0.25, 0.3) is 11.0 Å². The molecule has 1 aromatic heterocycles. The minimum absolute atomic E-state index is 0.233. The van der Waals surface area contributed by atoms with Gasteiger partial charge in [0.15, 0.2) is 6.29 Å². The van der Waals surface area contributed by atoms with Gasteiger partial charge in [-0.3, -0.25) is 4.79 Å². The van der Waals surface area contributed by atoms with E-state index in [1.54, 1.807) is 23.6 Å². The van der Waals surface area contributed by atoms with Crippen molar-refractivity contribution < 1.29 is 13.6 Å². The Morgan fingerprint density at radius 3 is 2.76 bits per heavy atom. The number of carbonyl (C=O) groups excluding carboxylic acids is 1. The van der Waals surface area contributed by atoms with Gasteiger partial charge in [0.05, 0.1) is 17.6 Å². The van der Waals surface area contributed by atoms with E-state index in [4.69, 9.17) is 0 Å². The highest BCUT2D eigenvalue weighted by Gasteiger charge is 2.12. The molecule has 0 spiro atoms. The fraction of sp³-hybridized carbons (Fsp3) is 0.125. The summed E-state index contributed by atoms with van der Waals surface area (Å²) in [7, 11) is 0. The topological polar surface area (TPSA) is 34.9 Å². The van der Waals surface area contributed by atoms with Crippen LogP contribution in [0.15, 0.2) is 36.4 Å². The van der Waals surface area contributed by atoms with Crippen LogP contribution in [0.5, 0.6) is 0 Å². The summed E-state index contributed by atoms with van der Waals surface area (Å²) in [4.78, 5) is 15.4. The number of para-hydroxylation sites is 1. The Kier molecular flexibility index (Phi) is 3.25. The Balaban J connectivity index is 2.12. The van der Waals surface area contributed by atoms with E-state index in [1.165, 1.54) is 12.1 Å². The second-order valence-electron chi connectivity index (χ2n) is 4.81. The van der Waals surface area contributed by atoms with E-state index >= 15 is 0 Å². The minimum atomic E-state index is -0.605. The molecular weight excluding hydrogens is 274 g/mol. The van der Waals surface area contributed by atoms with Gasteiger partial charge in [0.25, 0.3) is 0 Å². The van der Waals surface area contributed by atoms with Crippen molar-refractivity contribution >= 4 is 17.3 Å². The molecule has 3 rings (SSSR count). The Hall–Kier alpha value is -2.56. The third kappa shape index (κ3) is 2.31. The van der Waals surface area contributed by atoms with Crippen LogP contribution >= 0.6 is 0 Å². The first-order valence-corrected chi connectivity index (χ1v) is 6.45. The quantitative estimate of drug-likeness (QED) is 0.691. The first kappa shape index (κ1) is 13.4. The van der Waals surface area contributed by atoms with Crippen LogP contribution in [0, 0.1) is 18.6 Å². The van der Waals surface area contributed by atoms with Gasteiger partial charge < -0.3 is 4.57 Å². The molecule has 106 valence electrons. The molecule has 0 aliphatic heterocycles. The molecule has 0 radical (unpaired) electrons. The molecule has 0 atom stereocenters. The first-order valence-electron chi connectivity index (χ1n) is 6.45. The fourth-order valence-corrected chi connectivity index (χ4v) is 2.40. The molecule has 2 aromatic carbocycles. The third-order valence-electron chi connectivity index (χ3n) is 3.47. The molecule has 0 saturated heterocycles. The molecule has 3 nitrogen and oxygen atoms in total. The number of aromatic nitrogens is 2. The average Bonchev–Trinajstić information content (AvgIpc) is 2.78. The van der Waals surface area contributed by atoms with Crippen LogP contribution in [-0.2, 0) is 6.54 Å². The second-order valence-corrected chi connectivity index (χ2v) is 4.81. The SMILES string of the molecule is Cc1nc2c(C=O)cccc2n1Cc1ccc(F)cc1F. The number of imidazole rings is 1. The van der Waals surface area contributed by atoms with Crippen molar-refractivity contribution in [2.24, 2.45) is 0 Å². The van der Waals surface area contributed by atoms with Crippen molar-refractivity contribution in [3.63, 3.8) is 0 Å². The lowest BCUT2D eigenvalue weighted by atomic mass is 10.2. The summed E-state index contributed by atoms with van der Waals surface area (Å²) in [6.45, 7) is 2.02. The number of aldehydes is 1. The lowest BCUT2D eigenvalue weighted by molar-refractivity contribution is 0.112. The minimum Gasteiger partial charge on any atom is -0.324 e. The summed E-state index contributed by atoms with van der Waals surface area (Å²) in [5.74, 6) is -0.530. The van der Waals surface area contributed by atoms with Crippen LogP contribution in [0.1, 0.15) is 21.7 Å². The Bertz CT molecular complexity index is 840. The molecule has 21 heavy (non-hydrogen) atoms. The molecule has 0 aliphatic carbocycles. The lowest BCUT2D eigenvalue weighted by Gasteiger charge is -2.08. The summed E-state index contributed by atoms with van der Waals surface area (Å²) >= 11 is 0. The summed E-state index contributed by atoms with van der Waals surface area (Å²) in [5, 5.41) is 0. The third-order valence-corrected chi connectivity index (χ3v) is 3.47. The van der Waals surface area contributed by atoms with E-state index in [0.717, 1.165) is 17.9 Å². The predicted octanol–water partition coefficient (Wildman–Crippen LogP) is 3.48. The number of aryl methyl sites for hydroxylation is 1. The van der Waals surface area contributed by atoms with Gasteiger partial charge in [-0.1, -0.05) is 12.1 Å². The number of hydrogen-bond donors (Lipinski definition) is 0. The zero-order valence-electron chi connectivity index (χ0n) is 11.3. The first-order chi connectivity index (χ1) is 10.1. The molecule has 0 amide bonds. The van der Waals surface area contributed by atoms with Gasteiger partial charge in [0.2, 0.25) is 0 Å². The summed E-state index contributed by atoms with van der Waals surface area (Å²) in [6, 6.07) is 8.77. The van der Waals surface area contributed by atoms with E-state index in [0.29, 0.717) is 22.5 Å². The highest BCUT2D eigenvalue weighted by atomic mass is 19.1. The molecule has 0 fully saturated rings. The molecule has 0 bridgehead atoms. The fourth-order valence-electron chi connectivity index (χ4n) is 2.40. The molecule has 0 aliphatic rings. The zero-order valence-corrected chi connectivity index (χ0v) is 11.3. The Labute approximate surface area is 119 Å². The molecule has 0 unspecified atom stereocenters. The van der Waals surface area contributed by atoms with E-state index in [9.17, 15) is 13.6 Å². The van der Waals surface area contributed by atoms with Crippen LogP contribution in [0.4, 0.5) is 8.78 Å². The molecule has 5 heteroatoms. The standard InChI is InChI=1S/C16H12F2N2O/c1-10-19-16-12(9-21)3-2-4-15(16)20(10)8-11-5-6-13(17)7-14(11)18/h2-7,9H,8H2,1H3. The van der Waals surface area contributed by atoms with E-state index < -0.39 is 11.6 Å². The Morgan fingerprint density at radius 2 is 2.05 bits per heavy atom. The number of hydrogen-bond acceptors (Lipinski definition) is 2. The van der Waals surface area contributed by atoms with Gasteiger partial charge >= 0.3 is 0 Å². The monoisotopic (exact) mass is 286 g/mol. The van der Waals surface area contributed by atoms with E-state index in [-0.39, 0.29) is 6.54 Å². The number of carbonyl (C=O) groups is 1. The van der Waals surface area contributed by atoms with Crippen LogP contribution in [-0.4, -0.2) is 15.8 Å². The van der Waals surface area contributed by atoms with Crippen molar-refractivity contribution in [3.8, 4) is 0 Å². The maximum absolute atomic E-state index is 13.8. The molecule has 0 saturated carbocycles. The van der Waals surface area contributed by atoms with Crippen LogP contribution in [0.3, 0.4) is 0 Å². The van der Waals surface area contributed by atoms with E-state index in [2.05, 4.69) is 4.98 Å². The maximum atomic E-state index is 13.8. The summed E-state index contributed by atoms with van der Waals surface area (Å²) in [5.41, 5.74) is 2.21. The van der Waals surface area contributed by atoms with Crippen molar-refractivity contribution in [2.75, 3.05) is 0 Å². The van der Waals surface area contributed by atoms with E-state index in [1.807, 2.05) is 6.07 Å². The van der Waals surface area contributed by atoms with Gasteiger partial charge in [-0.15, -0.1) is 0 Å². The normalized spacial score (nSPS) is 11.0. The molecule has 1 heterocycles. The predicted molar refractivity (Wildman–Crippen MR) is 75.3 cm³/mol. The number of halogens is 2. The number of nitrogens with zero attached hydrogens (tertiary/aromatic N) is 2.